The lowest BCUT2D eigenvalue weighted by Gasteiger charge is -2.24. The van der Waals surface area contributed by atoms with E-state index >= 15 is 0 Å². The summed E-state index contributed by atoms with van der Waals surface area (Å²) in [5, 5.41) is 7.20. The van der Waals surface area contributed by atoms with Crippen molar-refractivity contribution in [1.82, 2.24) is 20.1 Å². The fourth-order valence-electron chi connectivity index (χ4n) is 3.45. The van der Waals surface area contributed by atoms with Crippen molar-refractivity contribution < 1.29 is 4.79 Å². The number of hydrogen-bond acceptors (Lipinski definition) is 3. The standard InChI is InChI=1S/C20H20N4O/c25-20(19-7-3-5-16-4-1-2-6-18(16)19)22-12-15-8-10-17(11-9-15)24-14-21-13-23-24/h1-2,4,6,8-11,13-14,19H,3,5,7,12H2,(H,22,25)/t19-/m1/s1. The van der Waals surface area contributed by atoms with E-state index < -0.39 is 0 Å². The molecule has 126 valence electrons. The van der Waals surface area contributed by atoms with Crippen LogP contribution in [-0.2, 0) is 17.8 Å². The van der Waals surface area contributed by atoms with E-state index in [1.165, 1.54) is 17.5 Å². The smallest absolute Gasteiger partial charge is 0.227 e. The zero-order chi connectivity index (χ0) is 17.1. The molecule has 3 aromatic rings. The Balaban J connectivity index is 1.41. The minimum atomic E-state index is -0.0284. The fraction of sp³-hybridized carbons (Fsp3) is 0.250. The fourth-order valence-corrected chi connectivity index (χ4v) is 3.45. The third kappa shape index (κ3) is 3.31. The Labute approximate surface area is 146 Å². The first-order valence-corrected chi connectivity index (χ1v) is 8.61. The number of hydrogen-bond donors (Lipinski definition) is 1. The van der Waals surface area contributed by atoms with E-state index in [-0.39, 0.29) is 11.8 Å². The molecule has 0 aliphatic heterocycles. The molecule has 1 amide bonds. The molecule has 0 saturated heterocycles. The normalized spacial score (nSPS) is 16.2. The molecule has 0 bridgehead atoms. The molecule has 1 aliphatic carbocycles. The maximum atomic E-state index is 12.7. The molecular formula is C20H20N4O. The summed E-state index contributed by atoms with van der Waals surface area (Å²) in [6.07, 6.45) is 6.24. The number of fused-ring (bicyclic) bond motifs is 1. The zero-order valence-corrected chi connectivity index (χ0v) is 13.9. The number of aromatic nitrogens is 3. The third-order valence-electron chi connectivity index (χ3n) is 4.77. The lowest BCUT2D eigenvalue weighted by atomic mass is 9.82. The summed E-state index contributed by atoms with van der Waals surface area (Å²) in [6.45, 7) is 0.537. The molecule has 0 radical (unpaired) electrons. The second kappa shape index (κ2) is 6.89. The molecule has 25 heavy (non-hydrogen) atoms. The van der Waals surface area contributed by atoms with Gasteiger partial charge in [-0.05, 0) is 48.1 Å². The van der Waals surface area contributed by atoms with Crippen molar-refractivity contribution >= 4 is 5.91 Å². The summed E-state index contributed by atoms with van der Waals surface area (Å²) < 4.78 is 1.71. The molecule has 0 saturated carbocycles. The molecule has 2 aromatic carbocycles. The van der Waals surface area contributed by atoms with Gasteiger partial charge in [0.2, 0.25) is 5.91 Å². The molecule has 1 aromatic heterocycles. The molecule has 5 nitrogen and oxygen atoms in total. The minimum Gasteiger partial charge on any atom is -0.351 e. The highest BCUT2D eigenvalue weighted by molar-refractivity contribution is 5.84. The van der Waals surface area contributed by atoms with Crippen LogP contribution in [0.1, 0.15) is 35.4 Å². The van der Waals surface area contributed by atoms with Gasteiger partial charge in [0, 0.05) is 6.54 Å². The second-order valence-electron chi connectivity index (χ2n) is 6.37. The Morgan fingerprint density at radius 1 is 1.16 bits per heavy atom. The summed E-state index contributed by atoms with van der Waals surface area (Å²) >= 11 is 0. The maximum absolute atomic E-state index is 12.7. The molecule has 4 rings (SSSR count). The highest BCUT2D eigenvalue weighted by atomic mass is 16.1. The largest absolute Gasteiger partial charge is 0.351 e. The summed E-state index contributed by atoms with van der Waals surface area (Å²) in [6, 6.07) is 16.3. The van der Waals surface area contributed by atoms with Crippen molar-refractivity contribution in [2.75, 3.05) is 0 Å². The Bertz CT molecular complexity index is 856. The van der Waals surface area contributed by atoms with Gasteiger partial charge in [0.05, 0.1) is 11.6 Å². The van der Waals surface area contributed by atoms with Gasteiger partial charge in [-0.3, -0.25) is 4.79 Å². The molecule has 1 atom stereocenters. The lowest BCUT2D eigenvalue weighted by molar-refractivity contribution is -0.123. The van der Waals surface area contributed by atoms with Crippen molar-refractivity contribution in [3.05, 3.63) is 77.9 Å². The molecular weight excluding hydrogens is 312 g/mol. The van der Waals surface area contributed by atoms with Crippen molar-refractivity contribution in [2.45, 2.75) is 31.7 Å². The average molecular weight is 332 g/mol. The number of aryl methyl sites for hydroxylation is 1. The van der Waals surface area contributed by atoms with Gasteiger partial charge in [-0.25, -0.2) is 9.67 Å². The van der Waals surface area contributed by atoms with Crippen LogP contribution in [0.5, 0.6) is 0 Å². The topological polar surface area (TPSA) is 59.8 Å². The number of amides is 1. The van der Waals surface area contributed by atoms with Crippen LogP contribution in [0.25, 0.3) is 5.69 Å². The van der Waals surface area contributed by atoms with Crippen LogP contribution >= 0.6 is 0 Å². The second-order valence-corrected chi connectivity index (χ2v) is 6.37. The van der Waals surface area contributed by atoms with E-state index in [2.05, 4.69) is 33.6 Å². The van der Waals surface area contributed by atoms with Crippen molar-refractivity contribution in [2.24, 2.45) is 0 Å². The number of nitrogens with zero attached hydrogens (tertiary/aromatic N) is 3. The summed E-state index contributed by atoms with van der Waals surface area (Å²) in [7, 11) is 0. The summed E-state index contributed by atoms with van der Waals surface area (Å²) in [4.78, 5) is 16.6. The monoisotopic (exact) mass is 332 g/mol. The molecule has 0 unspecified atom stereocenters. The highest BCUT2D eigenvalue weighted by Gasteiger charge is 2.25. The van der Waals surface area contributed by atoms with Gasteiger partial charge >= 0.3 is 0 Å². The quantitative estimate of drug-likeness (QED) is 0.799. The van der Waals surface area contributed by atoms with Crippen LogP contribution in [0.4, 0.5) is 0 Å². The predicted molar refractivity (Wildman–Crippen MR) is 95.3 cm³/mol. The van der Waals surface area contributed by atoms with Crippen LogP contribution in [-0.4, -0.2) is 20.7 Å². The van der Waals surface area contributed by atoms with Gasteiger partial charge in [-0.2, -0.15) is 5.10 Å². The van der Waals surface area contributed by atoms with Crippen LogP contribution in [0.15, 0.2) is 61.2 Å². The molecule has 1 N–H and O–H groups in total. The third-order valence-corrected chi connectivity index (χ3v) is 4.77. The average Bonchev–Trinajstić information content (AvgIpc) is 3.21. The number of nitrogens with one attached hydrogen (secondary N) is 1. The van der Waals surface area contributed by atoms with E-state index in [0.717, 1.165) is 30.5 Å². The molecule has 1 heterocycles. The Morgan fingerprint density at radius 2 is 2.00 bits per heavy atom. The Kier molecular flexibility index (Phi) is 4.29. The maximum Gasteiger partial charge on any atom is 0.227 e. The lowest BCUT2D eigenvalue weighted by Crippen LogP contribution is -2.31. The summed E-state index contributed by atoms with van der Waals surface area (Å²) in [5.41, 5.74) is 4.52. The number of benzene rings is 2. The van der Waals surface area contributed by atoms with Gasteiger partial charge in [-0.1, -0.05) is 36.4 Å². The molecule has 1 aliphatic rings. The van der Waals surface area contributed by atoms with E-state index in [4.69, 9.17) is 0 Å². The van der Waals surface area contributed by atoms with Crippen LogP contribution in [0.2, 0.25) is 0 Å². The van der Waals surface area contributed by atoms with Gasteiger partial charge < -0.3 is 5.32 Å². The van der Waals surface area contributed by atoms with Crippen molar-refractivity contribution in [3.63, 3.8) is 0 Å². The first-order valence-electron chi connectivity index (χ1n) is 8.61. The van der Waals surface area contributed by atoms with Crippen LogP contribution in [0.3, 0.4) is 0 Å². The van der Waals surface area contributed by atoms with Crippen LogP contribution in [0, 0.1) is 0 Å². The molecule has 0 spiro atoms. The molecule has 5 heteroatoms. The molecule has 0 fully saturated rings. The number of carbonyl (C=O) groups excluding carboxylic acids is 1. The van der Waals surface area contributed by atoms with Gasteiger partial charge in [-0.15, -0.1) is 0 Å². The van der Waals surface area contributed by atoms with E-state index in [9.17, 15) is 4.79 Å². The first kappa shape index (κ1) is 15.6. The minimum absolute atomic E-state index is 0.0284. The van der Waals surface area contributed by atoms with Crippen LogP contribution < -0.4 is 5.32 Å². The van der Waals surface area contributed by atoms with Gasteiger partial charge in [0.1, 0.15) is 12.7 Å². The van der Waals surface area contributed by atoms with Crippen molar-refractivity contribution in [3.8, 4) is 5.69 Å². The van der Waals surface area contributed by atoms with E-state index in [0.29, 0.717) is 6.54 Å². The van der Waals surface area contributed by atoms with Gasteiger partial charge in [0.15, 0.2) is 0 Å². The zero-order valence-electron chi connectivity index (χ0n) is 13.9. The Morgan fingerprint density at radius 3 is 2.80 bits per heavy atom. The SMILES string of the molecule is O=C(NCc1ccc(-n2cncn2)cc1)[C@@H]1CCCc2ccccc21. The number of rotatable bonds is 4. The predicted octanol–water partition coefficient (Wildman–Crippen LogP) is 3.00. The highest BCUT2D eigenvalue weighted by Crippen LogP contribution is 2.31. The van der Waals surface area contributed by atoms with E-state index in [1.54, 1.807) is 11.0 Å². The Hall–Kier alpha value is -2.95. The van der Waals surface area contributed by atoms with Crippen molar-refractivity contribution in [1.29, 1.82) is 0 Å². The van der Waals surface area contributed by atoms with E-state index in [1.807, 2.05) is 30.3 Å². The van der Waals surface area contributed by atoms with Gasteiger partial charge in [0.25, 0.3) is 0 Å². The number of carbonyl (C=O) groups is 1. The first-order chi connectivity index (χ1) is 12.3. The summed E-state index contributed by atoms with van der Waals surface area (Å²) in [5.74, 6) is 0.0897.